The highest BCUT2D eigenvalue weighted by molar-refractivity contribution is 5.02. The lowest BCUT2D eigenvalue weighted by atomic mass is 9.96. The smallest absolute Gasteiger partial charge is 0.0935 e. The van der Waals surface area contributed by atoms with E-state index in [0.29, 0.717) is 12.1 Å². The van der Waals surface area contributed by atoms with Crippen LogP contribution in [-0.2, 0) is 0 Å². The van der Waals surface area contributed by atoms with Crippen LogP contribution in [-0.4, -0.2) is 48.1 Å². The summed E-state index contributed by atoms with van der Waals surface area (Å²) in [6, 6.07) is 2.91. The van der Waals surface area contributed by atoms with Gasteiger partial charge >= 0.3 is 0 Å². The summed E-state index contributed by atoms with van der Waals surface area (Å²) in [5.74, 6) is 1.05. The minimum Gasteiger partial charge on any atom is -0.369 e. The predicted octanol–water partition coefficient (Wildman–Crippen LogP) is 2.01. The molecule has 2 heterocycles. The molecule has 98 valence electrons. The van der Waals surface area contributed by atoms with Crippen LogP contribution in [0.2, 0.25) is 0 Å². The van der Waals surface area contributed by atoms with Crippen molar-refractivity contribution in [3.63, 3.8) is 0 Å². The molecular formula is C14H27N3. The van der Waals surface area contributed by atoms with Gasteiger partial charge in [0.15, 0.2) is 0 Å². The molecule has 0 aliphatic carbocycles. The maximum absolute atomic E-state index is 4.07. The molecule has 17 heavy (non-hydrogen) atoms. The number of hydrogen-bond donors (Lipinski definition) is 1. The number of piperidine rings is 1. The third-order valence-electron chi connectivity index (χ3n) is 4.30. The van der Waals surface area contributed by atoms with Crippen molar-refractivity contribution in [2.24, 2.45) is 0 Å². The fraction of sp³-hybridized carbons (Fsp3) is 0.857. The lowest BCUT2D eigenvalue weighted by Crippen LogP contribution is -2.52. The molecule has 3 heteroatoms. The highest BCUT2D eigenvalue weighted by Gasteiger charge is 2.41. The topological polar surface area (TPSA) is 18.5 Å². The molecule has 2 rings (SSSR count). The molecule has 3 nitrogen and oxygen atoms in total. The molecule has 0 amide bonds. The van der Waals surface area contributed by atoms with E-state index in [1.807, 2.05) is 14.1 Å². The van der Waals surface area contributed by atoms with Gasteiger partial charge in [-0.15, -0.1) is 0 Å². The first-order valence-corrected chi connectivity index (χ1v) is 6.89. The van der Waals surface area contributed by atoms with Crippen LogP contribution in [0.5, 0.6) is 0 Å². The molecule has 2 saturated heterocycles. The summed E-state index contributed by atoms with van der Waals surface area (Å²) in [6.45, 7) is 8.74. The third kappa shape index (κ3) is 2.59. The van der Waals surface area contributed by atoms with Crippen LogP contribution >= 0.6 is 0 Å². The normalized spacial score (nSPS) is 32.9. The van der Waals surface area contributed by atoms with E-state index < -0.39 is 0 Å². The van der Waals surface area contributed by atoms with Crippen molar-refractivity contribution < 1.29 is 0 Å². The van der Waals surface area contributed by atoms with Crippen LogP contribution in [0.4, 0.5) is 0 Å². The van der Waals surface area contributed by atoms with Crippen LogP contribution in [0.1, 0.15) is 39.5 Å². The van der Waals surface area contributed by atoms with Crippen molar-refractivity contribution in [3.8, 4) is 0 Å². The average molecular weight is 237 g/mol. The van der Waals surface area contributed by atoms with Gasteiger partial charge in [-0.2, -0.15) is 0 Å². The first-order valence-electron chi connectivity index (χ1n) is 6.89. The van der Waals surface area contributed by atoms with Crippen molar-refractivity contribution in [2.45, 2.75) is 63.7 Å². The minimum atomic E-state index is 0.623. The molecule has 1 N–H and O–H groups in total. The summed E-state index contributed by atoms with van der Waals surface area (Å²) in [6.07, 6.45) is 5.33. The quantitative estimate of drug-likeness (QED) is 0.807. The molecule has 0 aromatic heterocycles. The Balaban J connectivity index is 1.93. The van der Waals surface area contributed by atoms with E-state index in [1.54, 1.807) is 0 Å². The second kappa shape index (κ2) is 4.89. The maximum atomic E-state index is 4.07. The van der Waals surface area contributed by atoms with Crippen molar-refractivity contribution >= 4 is 0 Å². The van der Waals surface area contributed by atoms with Gasteiger partial charge in [-0.1, -0.05) is 6.58 Å². The monoisotopic (exact) mass is 237 g/mol. The number of hydrogen-bond acceptors (Lipinski definition) is 3. The Morgan fingerprint density at radius 3 is 2.18 bits per heavy atom. The summed E-state index contributed by atoms with van der Waals surface area (Å²) < 4.78 is 0. The zero-order valence-electron chi connectivity index (χ0n) is 11.7. The largest absolute Gasteiger partial charge is 0.369 e. The van der Waals surface area contributed by atoms with Crippen LogP contribution in [0.3, 0.4) is 0 Å². The van der Waals surface area contributed by atoms with Gasteiger partial charge in [0.05, 0.1) is 5.82 Å². The lowest BCUT2D eigenvalue weighted by molar-refractivity contribution is 0.0857. The van der Waals surface area contributed by atoms with Crippen molar-refractivity contribution in [3.05, 3.63) is 12.4 Å². The van der Waals surface area contributed by atoms with E-state index in [0.717, 1.165) is 17.9 Å². The molecule has 2 fully saturated rings. The van der Waals surface area contributed by atoms with Gasteiger partial charge in [0, 0.05) is 38.3 Å². The van der Waals surface area contributed by atoms with E-state index in [1.165, 1.54) is 25.7 Å². The van der Waals surface area contributed by atoms with Crippen LogP contribution in [0.25, 0.3) is 0 Å². The van der Waals surface area contributed by atoms with Gasteiger partial charge in [0.2, 0.25) is 0 Å². The molecular weight excluding hydrogens is 210 g/mol. The van der Waals surface area contributed by atoms with Gasteiger partial charge < -0.3 is 10.2 Å². The minimum absolute atomic E-state index is 0.623. The summed E-state index contributed by atoms with van der Waals surface area (Å²) in [7, 11) is 4.10. The van der Waals surface area contributed by atoms with E-state index in [2.05, 4.69) is 35.5 Å². The van der Waals surface area contributed by atoms with Gasteiger partial charge in [0.25, 0.3) is 0 Å². The van der Waals surface area contributed by atoms with E-state index in [4.69, 9.17) is 0 Å². The van der Waals surface area contributed by atoms with E-state index in [-0.39, 0.29) is 0 Å². The predicted molar refractivity (Wildman–Crippen MR) is 72.8 cm³/mol. The second-order valence-corrected chi connectivity index (χ2v) is 6.08. The van der Waals surface area contributed by atoms with Crippen LogP contribution in [0, 0.1) is 0 Å². The fourth-order valence-corrected chi connectivity index (χ4v) is 3.54. The second-order valence-electron chi connectivity index (χ2n) is 6.08. The summed E-state index contributed by atoms with van der Waals surface area (Å²) in [5.41, 5.74) is 0. The Labute approximate surface area is 106 Å². The average Bonchev–Trinajstić information content (AvgIpc) is 2.51. The Hall–Kier alpha value is -0.700. The Morgan fingerprint density at radius 1 is 1.24 bits per heavy atom. The van der Waals surface area contributed by atoms with Crippen molar-refractivity contribution in [1.82, 2.24) is 15.1 Å². The Morgan fingerprint density at radius 2 is 1.76 bits per heavy atom. The molecule has 2 bridgehead atoms. The highest BCUT2D eigenvalue weighted by atomic mass is 15.3. The van der Waals surface area contributed by atoms with E-state index in [9.17, 15) is 0 Å². The zero-order chi connectivity index (χ0) is 12.6. The van der Waals surface area contributed by atoms with Gasteiger partial charge in [-0.05, 0) is 39.5 Å². The molecule has 0 saturated carbocycles. The highest BCUT2D eigenvalue weighted by Crippen LogP contribution is 2.37. The SMILES string of the molecule is C=C(NC1C[C@H]2CC[C@@H](C1)N2C(C)C)N(C)C. The summed E-state index contributed by atoms with van der Waals surface area (Å²) in [5, 5.41) is 3.58. The van der Waals surface area contributed by atoms with Gasteiger partial charge in [-0.3, -0.25) is 4.90 Å². The summed E-state index contributed by atoms with van der Waals surface area (Å²) in [4.78, 5) is 4.80. The summed E-state index contributed by atoms with van der Waals surface area (Å²) >= 11 is 0. The molecule has 0 aromatic rings. The Kier molecular flexibility index (Phi) is 3.67. The third-order valence-corrected chi connectivity index (χ3v) is 4.30. The zero-order valence-corrected chi connectivity index (χ0v) is 11.7. The fourth-order valence-electron chi connectivity index (χ4n) is 3.54. The molecule has 0 aromatic carbocycles. The molecule has 2 aliphatic heterocycles. The van der Waals surface area contributed by atoms with Crippen LogP contribution < -0.4 is 5.32 Å². The molecule has 3 atom stereocenters. The van der Waals surface area contributed by atoms with Gasteiger partial charge in [-0.25, -0.2) is 0 Å². The molecule has 0 spiro atoms. The lowest BCUT2D eigenvalue weighted by Gasteiger charge is -2.42. The van der Waals surface area contributed by atoms with E-state index >= 15 is 0 Å². The number of fused-ring (bicyclic) bond motifs is 2. The number of nitrogens with one attached hydrogen (secondary N) is 1. The molecule has 1 unspecified atom stereocenters. The maximum Gasteiger partial charge on any atom is 0.0935 e. The first-order chi connectivity index (χ1) is 7.99. The number of rotatable bonds is 4. The molecule has 2 aliphatic rings. The molecule has 0 radical (unpaired) electrons. The Bertz CT molecular complexity index is 271. The standard InChI is InChI=1S/C14H27N3/c1-10(2)17-13-6-7-14(17)9-12(8-13)15-11(3)16(4)5/h10,12-15H,3,6-9H2,1-2,4-5H3/t12?,13-,14+. The first kappa shape index (κ1) is 12.7. The van der Waals surface area contributed by atoms with Gasteiger partial charge in [0.1, 0.15) is 0 Å². The number of nitrogens with zero attached hydrogens (tertiary/aromatic N) is 2. The van der Waals surface area contributed by atoms with Crippen molar-refractivity contribution in [1.29, 1.82) is 0 Å². The van der Waals surface area contributed by atoms with Crippen LogP contribution in [0.15, 0.2) is 12.4 Å². The van der Waals surface area contributed by atoms with Crippen molar-refractivity contribution in [2.75, 3.05) is 14.1 Å².